The molecule has 6 heteroatoms. The van der Waals surface area contributed by atoms with Gasteiger partial charge < -0.3 is 19.9 Å². The summed E-state index contributed by atoms with van der Waals surface area (Å²) in [7, 11) is 0. The van der Waals surface area contributed by atoms with Crippen LogP contribution in [0.4, 0.5) is 0 Å². The molecule has 1 heterocycles. The number of aromatic nitrogens is 2. The van der Waals surface area contributed by atoms with Gasteiger partial charge in [-0.1, -0.05) is 32.0 Å². The number of aliphatic hydroxyl groups is 1. The lowest BCUT2D eigenvalue weighted by atomic mass is 9.80. The van der Waals surface area contributed by atoms with E-state index in [9.17, 15) is 15.0 Å². The lowest BCUT2D eigenvalue weighted by Gasteiger charge is -2.32. The molecule has 0 bridgehead atoms. The summed E-state index contributed by atoms with van der Waals surface area (Å²) in [5.74, 6) is -0.193. The number of rotatable bonds is 8. The van der Waals surface area contributed by atoms with Gasteiger partial charge in [0, 0.05) is 0 Å². The number of hydrogen-bond acceptors (Lipinski definition) is 4. The summed E-state index contributed by atoms with van der Waals surface area (Å²) < 4.78 is 5.77. The second-order valence-corrected chi connectivity index (χ2v) is 8.40. The maximum absolute atomic E-state index is 11.4. The summed E-state index contributed by atoms with van der Waals surface area (Å²) >= 11 is 0. The van der Waals surface area contributed by atoms with Crippen LogP contribution >= 0.6 is 0 Å². The highest BCUT2D eigenvalue weighted by Crippen LogP contribution is 2.37. The zero-order valence-corrected chi connectivity index (χ0v) is 17.3. The predicted octanol–water partition coefficient (Wildman–Crippen LogP) is 4.33. The molecule has 0 aliphatic rings. The Labute approximate surface area is 170 Å². The van der Waals surface area contributed by atoms with E-state index in [1.807, 2.05) is 50.2 Å². The van der Waals surface area contributed by atoms with Crippen molar-refractivity contribution in [1.29, 1.82) is 0 Å². The molecule has 0 saturated carbocycles. The van der Waals surface area contributed by atoms with E-state index in [-0.39, 0.29) is 5.92 Å². The number of carbonyl (C=O) groups is 1. The van der Waals surface area contributed by atoms with Crippen LogP contribution in [0.1, 0.15) is 45.4 Å². The van der Waals surface area contributed by atoms with E-state index in [4.69, 9.17) is 4.74 Å². The third kappa shape index (κ3) is 4.12. The number of carboxylic acid groups (broad SMARTS) is 1. The van der Waals surface area contributed by atoms with Crippen LogP contribution in [-0.2, 0) is 10.4 Å². The Morgan fingerprint density at radius 3 is 2.48 bits per heavy atom. The van der Waals surface area contributed by atoms with E-state index in [0.717, 1.165) is 16.3 Å². The van der Waals surface area contributed by atoms with Gasteiger partial charge in [0.2, 0.25) is 0 Å². The number of aromatic amines is 1. The van der Waals surface area contributed by atoms with Crippen molar-refractivity contribution in [1.82, 2.24) is 9.97 Å². The number of nitrogens with one attached hydrogen (secondary N) is 1. The highest BCUT2D eigenvalue weighted by molar-refractivity contribution is 5.85. The number of fused-ring (bicyclic) bond motifs is 1. The average Bonchev–Trinajstić information content (AvgIpc) is 3.21. The van der Waals surface area contributed by atoms with Crippen LogP contribution in [0.5, 0.6) is 5.75 Å². The average molecular weight is 396 g/mol. The van der Waals surface area contributed by atoms with E-state index in [0.29, 0.717) is 24.5 Å². The zero-order chi connectivity index (χ0) is 21.2. The number of H-pyrrole nitrogens is 1. The maximum atomic E-state index is 11.4. The summed E-state index contributed by atoms with van der Waals surface area (Å²) in [6.07, 6.45) is 3.64. The maximum Gasteiger partial charge on any atom is 0.309 e. The van der Waals surface area contributed by atoms with Crippen LogP contribution in [0.3, 0.4) is 0 Å². The fourth-order valence-electron chi connectivity index (χ4n) is 3.35. The molecule has 0 spiro atoms. The number of nitrogens with zero attached hydrogens (tertiary/aromatic N) is 1. The first kappa shape index (κ1) is 20.9. The van der Waals surface area contributed by atoms with Crippen LogP contribution in [-0.4, -0.2) is 32.8 Å². The standard InChI is InChI=1S/C23H28N2O4/c1-15(2)23(28,20-13-24-14-25-20)18-7-5-17-12-19(8-6-16(17)11-18)29-10-9-22(3,4)21(26)27/h5-8,11-15,28H,9-10H2,1-4H3,(H,24,25)(H,26,27). The molecule has 3 rings (SSSR count). The number of aliphatic carboxylic acids is 1. The summed E-state index contributed by atoms with van der Waals surface area (Å²) in [6, 6.07) is 11.6. The molecule has 0 radical (unpaired) electrons. The highest BCUT2D eigenvalue weighted by atomic mass is 16.5. The van der Waals surface area contributed by atoms with Crippen molar-refractivity contribution in [3.8, 4) is 5.75 Å². The fourth-order valence-corrected chi connectivity index (χ4v) is 3.35. The molecule has 0 aliphatic carbocycles. The van der Waals surface area contributed by atoms with Crippen molar-refractivity contribution >= 4 is 16.7 Å². The van der Waals surface area contributed by atoms with Crippen molar-refractivity contribution in [2.75, 3.05) is 6.61 Å². The van der Waals surface area contributed by atoms with Gasteiger partial charge in [0.25, 0.3) is 0 Å². The smallest absolute Gasteiger partial charge is 0.309 e. The summed E-state index contributed by atoms with van der Waals surface area (Å²) in [5.41, 5.74) is -0.531. The number of imidazole rings is 1. The van der Waals surface area contributed by atoms with Gasteiger partial charge in [-0.25, -0.2) is 4.98 Å². The van der Waals surface area contributed by atoms with Gasteiger partial charge in [-0.15, -0.1) is 0 Å². The Balaban J connectivity index is 1.83. The Kier molecular flexibility index (Phi) is 5.66. The lowest BCUT2D eigenvalue weighted by molar-refractivity contribution is -0.147. The molecule has 0 amide bonds. The lowest BCUT2D eigenvalue weighted by Crippen LogP contribution is -2.33. The van der Waals surface area contributed by atoms with Crippen LogP contribution in [0.25, 0.3) is 10.8 Å². The summed E-state index contributed by atoms with van der Waals surface area (Å²) in [5, 5.41) is 22.6. The number of ether oxygens (including phenoxy) is 1. The van der Waals surface area contributed by atoms with Crippen molar-refractivity contribution in [3.63, 3.8) is 0 Å². The second kappa shape index (κ2) is 7.87. The first-order chi connectivity index (χ1) is 13.6. The van der Waals surface area contributed by atoms with E-state index >= 15 is 0 Å². The van der Waals surface area contributed by atoms with Crippen molar-refractivity contribution in [2.24, 2.45) is 11.3 Å². The molecule has 0 saturated heterocycles. The van der Waals surface area contributed by atoms with Gasteiger partial charge >= 0.3 is 5.97 Å². The van der Waals surface area contributed by atoms with Crippen molar-refractivity contribution in [3.05, 3.63) is 60.2 Å². The van der Waals surface area contributed by atoms with Crippen molar-refractivity contribution < 1.29 is 19.7 Å². The fraction of sp³-hybridized carbons (Fsp3) is 0.391. The van der Waals surface area contributed by atoms with Crippen LogP contribution < -0.4 is 4.74 Å². The Morgan fingerprint density at radius 2 is 1.86 bits per heavy atom. The van der Waals surface area contributed by atoms with E-state index in [1.54, 1.807) is 26.4 Å². The Morgan fingerprint density at radius 1 is 1.17 bits per heavy atom. The van der Waals surface area contributed by atoms with Crippen LogP contribution in [0, 0.1) is 11.3 Å². The molecule has 154 valence electrons. The Bertz CT molecular complexity index is 995. The second-order valence-electron chi connectivity index (χ2n) is 8.40. The normalized spacial score (nSPS) is 14.1. The topological polar surface area (TPSA) is 95.4 Å². The highest BCUT2D eigenvalue weighted by Gasteiger charge is 2.36. The number of hydrogen-bond donors (Lipinski definition) is 3. The molecule has 29 heavy (non-hydrogen) atoms. The van der Waals surface area contributed by atoms with Gasteiger partial charge in [0.05, 0.1) is 30.2 Å². The van der Waals surface area contributed by atoms with Gasteiger partial charge in [-0.2, -0.15) is 0 Å². The van der Waals surface area contributed by atoms with Crippen LogP contribution in [0.15, 0.2) is 48.9 Å². The first-order valence-corrected chi connectivity index (χ1v) is 9.76. The molecule has 1 atom stereocenters. The van der Waals surface area contributed by atoms with E-state index < -0.39 is 17.0 Å². The third-order valence-electron chi connectivity index (χ3n) is 5.57. The van der Waals surface area contributed by atoms with E-state index in [1.165, 1.54) is 0 Å². The minimum absolute atomic E-state index is 0.0550. The third-order valence-corrected chi connectivity index (χ3v) is 5.57. The molecule has 2 aromatic carbocycles. The minimum Gasteiger partial charge on any atom is -0.494 e. The molecule has 0 aliphatic heterocycles. The van der Waals surface area contributed by atoms with Gasteiger partial charge in [0.15, 0.2) is 0 Å². The molecule has 0 fully saturated rings. The van der Waals surface area contributed by atoms with Gasteiger partial charge in [0.1, 0.15) is 11.4 Å². The summed E-state index contributed by atoms with van der Waals surface area (Å²) in [6.45, 7) is 7.66. The predicted molar refractivity (Wildman–Crippen MR) is 112 cm³/mol. The molecule has 3 N–H and O–H groups in total. The largest absolute Gasteiger partial charge is 0.494 e. The molecule has 1 aromatic heterocycles. The van der Waals surface area contributed by atoms with Crippen molar-refractivity contribution in [2.45, 2.75) is 39.7 Å². The molecule has 1 unspecified atom stereocenters. The molecular weight excluding hydrogens is 368 g/mol. The summed E-state index contributed by atoms with van der Waals surface area (Å²) in [4.78, 5) is 18.3. The number of carboxylic acids is 1. The quantitative estimate of drug-likeness (QED) is 0.527. The first-order valence-electron chi connectivity index (χ1n) is 9.76. The SMILES string of the molecule is CC(C)C(O)(c1ccc2cc(OCCC(C)(C)C(=O)O)ccc2c1)c1cnc[nH]1. The molecule has 6 nitrogen and oxygen atoms in total. The van der Waals surface area contributed by atoms with Gasteiger partial charge in [-0.05, 0) is 60.7 Å². The van der Waals surface area contributed by atoms with Crippen LogP contribution in [0.2, 0.25) is 0 Å². The van der Waals surface area contributed by atoms with Gasteiger partial charge in [-0.3, -0.25) is 4.79 Å². The molecular formula is C23H28N2O4. The van der Waals surface area contributed by atoms with E-state index in [2.05, 4.69) is 9.97 Å². The monoisotopic (exact) mass is 396 g/mol. The number of benzene rings is 2. The Hall–Kier alpha value is -2.86. The zero-order valence-electron chi connectivity index (χ0n) is 17.3. The minimum atomic E-state index is -1.16. The molecule has 3 aromatic rings.